The van der Waals surface area contributed by atoms with Crippen LogP contribution in [0.2, 0.25) is 5.02 Å². The summed E-state index contributed by atoms with van der Waals surface area (Å²) in [6, 6.07) is 2.08. The summed E-state index contributed by atoms with van der Waals surface area (Å²) in [5, 5.41) is 0.926. The van der Waals surface area contributed by atoms with Crippen molar-refractivity contribution >= 4 is 11.6 Å². The van der Waals surface area contributed by atoms with Gasteiger partial charge in [0.05, 0.1) is 0 Å². The Balaban J connectivity index is 2.09. The Morgan fingerprint density at radius 3 is 2.81 bits per heavy atom. The van der Waals surface area contributed by atoms with Gasteiger partial charge in [0, 0.05) is 18.0 Å². The first-order valence-corrected chi connectivity index (χ1v) is 6.37. The molecule has 3 heteroatoms. The molecule has 0 fully saturated rings. The SMILES string of the molecule is NCC1Cc2cc(Cl)c3c(c2O1)CCCC3. The Kier molecular flexibility index (Phi) is 2.56. The van der Waals surface area contributed by atoms with Gasteiger partial charge in [0.1, 0.15) is 11.9 Å². The Morgan fingerprint density at radius 1 is 1.31 bits per heavy atom. The molecule has 3 rings (SSSR count). The number of halogens is 1. The molecule has 0 radical (unpaired) electrons. The summed E-state index contributed by atoms with van der Waals surface area (Å²) in [4.78, 5) is 0. The molecule has 1 aromatic carbocycles. The Morgan fingerprint density at radius 2 is 2.06 bits per heavy atom. The normalized spacial score (nSPS) is 22.5. The van der Waals surface area contributed by atoms with Crippen molar-refractivity contribution in [2.75, 3.05) is 6.54 Å². The molecule has 1 unspecified atom stereocenters. The molecule has 0 saturated carbocycles. The first-order valence-electron chi connectivity index (χ1n) is 5.99. The summed E-state index contributed by atoms with van der Waals surface area (Å²) in [6.45, 7) is 0.584. The molecule has 2 aliphatic rings. The molecule has 1 heterocycles. The van der Waals surface area contributed by atoms with Crippen LogP contribution in [0, 0.1) is 0 Å². The van der Waals surface area contributed by atoms with Crippen LogP contribution in [0.5, 0.6) is 5.75 Å². The van der Waals surface area contributed by atoms with Gasteiger partial charge in [0.2, 0.25) is 0 Å². The van der Waals surface area contributed by atoms with E-state index in [1.807, 2.05) is 0 Å². The minimum atomic E-state index is 0.152. The molecule has 86 valence electrons. The van der Waals surface area contributed by atoms with Crippen molar-refractivity contribution in [3.63, 3.8) is 0 Å². The van der Waals surface area contributed by atoms with Crippen molar-refractivity contribution < 1.29 is 4.74 Å². The van der Waals surface area contributed by atoms with Crippen LogP contribution in [0.1, 0.15) is 29.5 Å². The van der Waals surface area contributed by atoms with Crippen LogP contribution in [-0.2, 0) is 19.3 Å². The highest BCUT2D eigenvalue weighted by atomic mass is 35.5. The van der Waals surface area contributed by atoms with Crippen molar-refractivity contribution in [3.8, 4) is 5.75 Å². The van der Waals surface area contributed by atoms with E-state index in [1.54, 1.807) is 0 Å². The van der Waals surface area contributed by atoms with Crippen LogP contribution in [0.15, 0.2) is 6.07 Å². The van der Waals surface area contributed by atoms with E-state index in [4.69, 9.17) is 22.1 Å². The predicted molar refractivity (Wildman–Crippen MR) is 65.3 cm³/mol. The molecule has 0 saturated heterocycles. The van der Waals surface area contributed by atoms with Crippen molar-refractivity contribution in [1.29, 1.82) is 0 Å². The van der Waals surface area contributed by atoms with E-state index in [2.05, 4.69) is 6.07 Å². The van der Waals surface area contributed by atoms with Gasteiger partial charge in [0.25, 0.3) is 0 Å². The third kappa shape index (κ3) is 1.52. The van der Waals surface area contributed by atoms with E-state index >= 15 is 0 Å². The minimum absolute atomic E-state index is 0.152. The average Bonchev–Trinajstić information content (AvgIpc) is 2.72. The maximum Gasteiger partial charge on any atom is 0.126 e. The zero-order valence-electron chi connectivity index (χ0n) is 9.26. The maximum absolute atomic E-state index is 6.33. The van der Waals surface area contributed by atoms with Crippen LogP contribution in [0.25, 0.3) is 0 Å². The summed E-state index contributed by atoms with van der Waals surface area (Å²) >= 11 is 6.33. The molecule has 1 aliphatic carbocycles. The summed E-state index contributed by atoms with van der Waals surface area (Å²) in [5.74, 6) is 1.09. The highest BCUT2D eigenvalue weighted by molar-refractivity contribution is 6.31. The lowest BCUT2D eigenvalue weighted by molar-refractivity contribution is 0.238. The first-order chi connectivity index (χ1) is 7.79. The standard InChI is InChI=1S/C13H16ClNO/c14-12-6-8-5-9(7-15)16-13(8)11-4-2-1-3-10(11)12/h6,9H,1-5,7,15H2. The van der Waals surface area contributed by atoms with Crippen molar-refractivity contribution in [2.24, 2.45) is 5.73 Å². The lowest BCUT2D eigenvalue weighted by atomic mass is 9.89. The fourth-order valence-electron chi connectivity index (χ4n) is 2.80. The maximum atomic E-state index is 6.33. The monoisotopic (exact) mass is 237 g/mol. The van der Waals surface area contributed by atoms with E-state index < -0.39 is 0 Å². The van der Waals surface area contributed by atoms with Crippen molar-refractivity contribution in [3.05, 3.63) is 27.8 Å². The fourth-order valence-corrected chi connectivity index (χ4v) is 3.14. The summed E-state index contributed by atoms with van der Waals surface area (Å²) in [6.07, 6.45) is 5.76. The Bertz CT molecular complexity index is 430. The molecule has 2 nitrogen and oxygen atoms in total. The number of hydrogen-bond donors (Lipinski definition) is 1. The van der Waals surface area contributed by atoms with Crippen LogP contribution >= 0.6 is 11.6 Å². The quantitative estimate of drug-likeness (QED) is 0.815. The molecule has 0 aromatic heterocycles. The van der Waals surface area contributed by atoms with Gasteiger partial charge in [-0.2, -0.15) is 0 Å². The van der Waals surface area contributed by atoms with Crippen LogP contribution in [0.4, 0.5) is 0 Å². The first kappa shape index (κ1) is 10.4. The van der Waals surface area contributed by atoms with Crippen LogP contribution in [-0.4, -0.2) is 12.6 Å². The molecule has 0 amide bonds. The lowest BCUT2D eigenvalue weighted by Crippen LogP contribution is -2.24. The van der Waals surface area contributed by atoms with Gasteiger partial charge in [-0.3, -0.25) is 0 Å². The van der Waals surface area contributed by atoms with Gasteiger partial charge in [0.15, 0.2) is 0 Å². The second kappa shape index (κ2) is 3.94. The summed E-state index contributed by atoms with van der Waals surface area (Å²) in [7, 11) is 0. The molecule has 1 aromatic rings. The number of nitrogens with two attached hydrogens (primary N) is 1. The molecular weight excluding hydrogens is 222 g/mol. The highest BCUT2D eigenvalue weighted by Gasteiger charge is 2.28. The molecule has 0 bridgehead atoms. The third-order valence-corrected chi connectivity index (χ3v) is 3.96. The molecule has 1 atom stereocenters. The molecule has 0 spiro atoms. The predicted octanol–water partition coefficient (Wildman–Crippen LogP) is 2.48. The molecule has 16 heavy (non-hydrogen) atoms. The minimum Gasteiger partial charge on any atom is -0.488 e. The summed E-state index contributed by atoms with van der Waals surface area (Å²) < 4.78 is 5.93. The van der Waals surface area contributed by atoms with Gasteiger partial charge in [-0.25, -0.2) is 0 Å². The average molecular weight is 238 g/mol. The highest BCUT2D eigenvalue weighted by Crippen LogP contribution is 2.41. The number of benzene rings is 1. The second-order valence-electron chi connectivity index (χ2n) is 4.69. The van der Waals surface area contributed by atoms with E-state index in [9.17, 15) is 0 Å². The van der Waals surface area contributed by atoms with E-state index in [-0.39, 0.29) is 6.10 Å². The molecule has 1 aliphatic heterocycles. The van der Waals surface area contributed by atoms with E-state index in [0.717, 1.165) is 30.0 Å². The fraction of sp³-hybridized carbons (Fsp3) is 0.538. The summed E-state index contributed by atoms with van der Waals surface area (Å²) in [5.41, 5.74) is 9.58. The number of fused-ring (bicyclic) bond motifs is 3. The number of ether oxygens (including phenoxy) is 1. The van der Waals surface area contributed by atoms with Gasteiger partial charge in [-0.05, 0) is 48.4 Å². The number of rotatable bonds is 1. The smallest absolute Gasteiger partial charge is 0.126 e. The van der Waals surface area contributed by atoms with E-state index in [1.165, 1.54) is 29.5 Å². The number of hydrogen-bond acceptors (Lipinski definition) is 2. The van der Waals surface area contributed by atoms with Crippen molar-refractivity contribution in [2.45, 2.75) is 38.2 Å². The second-order valence-corrected chi connectivity index (χ2v) is 5.10. The van der Waals surface area contributed by atoms with E-state index in [0.29, 0.717) is 6.54 Å². The zero-order chi connectivity index (χ0) is 11.1. The van der Waals surface area contributed by atoms with Crippen LogP contribution in [0.3, 0.4) is 0 Å². The third-order valence-electron chi connectivity index (χ3n) is 3.62. The van der Waals surface area contributed by atoms with Crippen LogP contribution < -0.4 is 10.5 Å². The van der Waals surface area contributed by atoms with Gasteiger partial charge in [-0.15, -0.1) is 0 Å². The lowest BCUT2D eigenvalue weighted by Gasteiger charge is -2.20. The molecule has 2 N–H and O–H groups in total. The largest absolute Gasteiger partial charge is 0.488 e. The van der Waals surface area contributed by atoms with Gasteiger partial charge < -0.3 is 10.5 Å². The zero-order valence-corrected chi connectivity index (χ0v) is 10.0. The Labute approximate surface area is 101 Å². The van der Waals surface area contributed by atoms with Gasteiger partial charge >= 0.3 is 0 Å². The topological polar surface area (TPSA) is 35.2 Å². The van der Waals surface area contributed by atoms with Gasteiger partial charge in [-0.1, -0.05) is 11.6 Å². The Hall–Kier alpha value is -0.730. The van der Waals surface area contributed by atoms with Crippen molar-refractivity contribution in [1.82, 2.24) is 0 Å². The molecular formula is C13H16ClNO.